The Morgan fingerprint density at radius 1 is 1.06 bits per heavy atom. The molecule has 0 aliphatic carbocycles. The Bertz CT molecular complexity index is 1330. The first kappa shape index (κ1) is 19.7. The molecule has 0 radical (unpaired) electrons. The minimum Gasteiger partial charge on any atom is -0.390 e. The summed E-state index contributed by atoms with van der Waals surface area (Å²) in [6, 6.07) is 18.9. The van der Waals surface area contributed by atoms with Crippen molar-refractivity contribution in [3.63, 3.8) is 0 Å². The van der Waals surface area contributed by atoms with Gasteiger partial charge < -0.3 is 9.84 Å². The van der Waals surface area contributed by atoms with Gasteiger partial charge in [0.05, 0.1) is 12.2 Å². The summed E-state index contributed by atoms with van der Waals surface area (Å²) in [4.78, 5) is 26.2. The minimum absolute atomic E-state index is 0.312. The highest BCUT2D eigenvalue weighted by atomic mass is 16.5. The third kappa shape index (κ3) is 3.58. The first-order valence-corrected chi connectivity index (χ1v) is 10.6. The number of hydrogen-bond acceptors (Lipinski definition) is 4. The second-order valence-corrected chi connectivity index (χ2v) is 8.25. The second-order valence-electron chi connectivity index (χ2n) is 8.25. The fourth-order valence-electron chi connectivity index (χ4n) is 4.61. The van der Waals surface area contributed by atoms with Gasteiger partial charge in [-0.2, -0.15) is 0 Å². The maximum Gasteiger partial charge on any atom is 0.330 e. The van der Waals surface area contributed by atoms with Crippen LogP contribution >= 0.6 is 0 Å². The van der Waals surface area contributed by atoms with Crippen molar-refractivity contribution in [1.82, 2.24) is 9.55 Å². The number of nitrogens with zero attached hydrogens (tertiary/aromatic N) is 1. The summed E-state index contributed by atoms with van der Waals surface area (Å²) in [5.41, 5.74) is 0.751. The van der Waals surface area contributed by atoms with Crippen LogP contribution in [0.25, 0.3) is 21.5 Å². The Hall–Kier alpha value is -3.22. The van der Waals surface area contributed by atoms with Crippen LogP contribution in [0.4, 0.5) is 0 Å². The van der Waals surface area contributed by atoms with E-state index in [2.05, 4.69) is 35.3 Å². The molecule has 4 aromatic rings. The van der Waals surface area contributed by atoms with Crippen molar-refractivity contribution < 1.29 is 9.84 Å². The van der Waals surface area contributed by atoms with Crippen LogP contribution in [0.2, 0.25) is 0 Å². The summed E-state index contributed by atoms with van der Waals surface area (Å²) in [6.45, 7) is 1.64. The number of aliphatic hydroxyl groups excluding tert-OH is 1. The maximum absolute atomic E-state index is 12.2. The van der Waals surface area contributed by atoms with Gasteiger partial charge in [0.1, 0.15) is 6.23 Å². The van der Waals surface area contributed by atoms with Gasteiger partial charge in [0, 0.05) is 18.2 Å². The van der Waals surface area contributed by atoms with E-state index in [1.807, 2.05) is 24.3 Å². The Morgan fingerprint density at radius 2 is 1.71 bits per heavy atom. The van der Waals surface area contributed by atoms with Gasteiger partial charge in [0.15, 0.2) is 0 Å². The fraction of sp³-hybridized carbons (Fsp3) is 0.280. The molecule has 1 unspecified atom stereocenters. The van der Waals surface area contributed by atoms with Crippen molar-refractivity contribution in [2.45, 2.75) is 44.6 Å². The summed E-state index contributed by atoms with van der Waals surface area (Å²) in [6.07, 6.45) is 1.54. The normalized spacial score (nSPS) is 21.2. The monoisotopic (exact) mass is 416 g/mol. The van der Waals surface area contributed by atoms with E-state index in [9.17, 15) is 14.7 Å². The zero-order valence-electron chi connectivity index (χ0n) is 17.2. The van der Waals surface area contributed by atoms with Crippen molar-refractivity contribution >= 4 is 21.5 Å². The Labute approximate surface area is 178 Å². The highest BCUT2D eigenvalue weighted by Crippen LogP contribution is 2.33. The highest BCUT2D eigenvalue weighted by Gasteiger charge is 2.35. The number of aliphatic hydroxyl groups is 1. The Morgan fingerprint density at radius 3 is 2.39 bits per heavy atom. The molecule has 1 aromatic heterocycles. The van der Waals surface area contributed by atoms with E-state index in [0.717, 1.165) is 6.42 Å². The van der Waals surface area contributed by atoms with Crippen molar-refractivity contribution in [2.24, 2.45) is 0 Å². The molecule has 1 fully saturated rings. The summed E-state index contributed by atoms with van der Waals surface area (Å²) >= 11 is 0. The first-order valence-electron chi connectivity index (χ1n) is 10.6. The molecule has 5 rings (SSSR count). The third-order valence-corrected chi connectivity index (χ3v) is 6.22. The molecule has 2 heterocycles. The molecule has 0 amide bonds. The molecule has 0 saturated carbocycles. The molecule has 6 nitrogen and oxygen atoms in total. The minimum atomic E-state index is -0.676. The van der Waals surface area contributed by atoms with Crippen LogP contribution < -0.4 is 11.2 Å². The molecule has 158 valence electrons. The van der Waals surface area contributed by atoms with Crippen LogP contribution in [0, 0.1) is 6.92 Å². The van der Waals surface area contributed by atoms with E-state index >= 15 is 0 Å². The van der Waals surface area contributed by atoms with Crippen LogP contribution in [0.5, 0.6) is 0 Å². The number of aromatic nitrogens is 2. The largest absolute Gasteiger partial charge is 0.390 e. The highest BCUT2D eigenvalue weighted by molar-refractivity contribution is 6.02. The molecular formula is C25H24N2O4. The lowest BCUT2D eigenvalue weighted by atomic mass is 9.92. The molecule has 3 aromatic carbocycles. The maximum atomic E-state index is 12.2. The molecule has 3 atom stereocenters. The van der Waals surface area contributed by atoms with Gasteiger partial charge in [-0.3, -0.25) is 14.3 Å². The number of fused-ring (bicyclic) bond motifs is 2. The average molecular weight is 416 g/mol. The van der Waals surface area contributed by atoms with E-state index in [4.69, 9.17) is 4.74 Å². The fourth-order valence-corrected chi connectivity index (χ4v) is 4.61. The lowest BCUT2D eigenvalue weighted by molar-refractivity contribution is -0.0239. The van der Waals surface area contributed by atoms with Crippen LogP contribution in [-0.4, -0.2) is 26.9 Å². The molecule has 1 aliphatic rings. The van der Waals surface area contributed by atoms with Crippen molar-refractivity contribution in [3.05, 3.63) is 92.8 Å². The zero-order valence-corrected chi connectivity index (χ0v) is 17.2. The number of benzene rings is 3. The number of hydrogen-bond donors (Lipinski definition) is 2. The van der Waals surface area contributed by atoms with Gasteiger partial charge in [0.2, 0.25) is 0 Å². The van der Waals surface area contributed by atoms with E-state index in [1.54, 1.807) is 6.92 Å². The van der Waals surface area contributed by atoms with Crippen LogP contribution in [0.15, 0.2) is 70.4 Å². The Kier molecular flexibility index (Phi) is 4.96. The number of ether oxygens (including phenoxy) is 1. The van der Waals surface area contributed by atoms with Crippen molar-refractivity contribution in [3.8, 4) is 0 Å². The topological polar surface area (TPSA) is 84.3 Å². The predicted octanol–water partition coefficient (Wildman–Crippen LogP) is 3.43. The first-order chi connectivity index (χ1) is 15.0. The number of rotatable bonds is 4. The van der Waals surface area contributed by atoms with Crippen LogP contribution in [0.1, 0.15) is 30.2 Å². The SMILES string of the molecule is Cc1cn([C@H]2CC(O)[C@@H](CCc3c4ccccc4cc4ccccc34)O2)c(=O)[nH]c1=O. The van der Waals surface area contributed by atoms with E-state index in [1.165, 1.54) is 37.9 Å². The zero-order chi connectivity index (χ0) is 21.5. The van der Waals surface area contributed by atoms with Crippen molar-refractivity contribution in [2.75, 3.05) is 0 Å². The third-order valence-electron chi connectivity index (χ3n) is 6.22. The number of aryl methyl sites for hydroxylation is 2. The lowest BCUT2D eigenvalue weighted by Crippen LogP contribution is -2.33. The van der Waals surface area contributed by atoms with Crippen LogP contribution in [0.3, 0.4) is 0 Å². The van der Waals surface area contributed by atoms with Gasteiger partial charge in [-0.1, -0.05) is 48.5 Å². The van der Waals surface area contributed by atoms with Crippen molar-refractivity contribution in [1.29, 1.82) is 0 Å². The van der Waals surface area contributed by atoms with Gasteiger partial charge >= 0.3 is 5.69 Å². The number of nitrogens with one attached hydrogen (secondary N) is 1. The summed E-state index contributed by atoms with van der Waals surface area (Å²) in [5.74, 6) is 0. The van der Waals surface area contributed by atoms with Crippen LogP contribution in [-0.2, 0) is 11.2 Å². The number of H-pyrrole nitrogens is 1. The van der Waals surface area contributed by atoms with Gasteiger partial charge in [0.25, 0.3) is 5.56 Å². The summed E-state index contributed by atoms with van der Waals surface area (Å²) < 4.78 is 7.44. The van der Waals surface area contributed by atoms with E-state index in [0.29, 0.717) is 18.4 Å². The molecule has 0 bridgehead atoms. The standard InChI is InChI=1S/C25H24N2O4/c1-15-14-27(25(30)26-24(15)29)23-13-21(28)22(31-23)11-10-20-18-8-4-2-6-16(18)12-17-7-3-5-9-19(17)20/h2-9,12,14,21-23,28H,10-11,13H2,1H3,(H,26,29,30)/t21?,22-,23-/m1/s1. The molecule has 0 spiro atoms. The molecule has 1 aliphatic heterocycles. The van der Waals surface area contributed by atoms with Gasteiger partial charge in [-0.25, -0.2) is 4.79 Å². The summed E-state index contributed by atoms with van der Waals surface area (Å²) in [5, 5.41) is 15.4. The predicted molar refractivity (Wildman–Crippen MR) is 120 cm³/mol. The Balaban J connectivity index is 1.43. The molecule has 2 N–H and O–H groups in total. The van der Waals surface area contributed by atoms with E-state index in [-0.39, 0.29) is 6.10 Å². The summed E-state index contributed by atoms with van der Waals surface area (Å²) in [7, 11) is 0. The number of aromatic amines is 1. The average Bonchev–Trinajstić information content (AvgIpc) is 3.14. The smallest absolute Gasteiger partial charge is 0.330 e. The quantitative estimate of drug-likeness (QED) is 0.499. The van der Waals surface area contributed by atoms with Gasteiger partial charge in [-0.15, -0.1) is 0 Å². The molecule has 31 heavy (non-hydrogen) atoms. The molecule has 1 saturated heterocycles. The molecule has 6 heteroatoms. The van der Waals surface area contributed by atoms with E-state index < -0.39 is 23.6 Å². The second kappa shape index (κ2) is 7.80. The lowest BCUT2D eigenvalue weighted by Gasteiger charge is -2.18. The van der Waals surface area contributed by atoms with Gasteiger partial charge in [-0.05, 0) is 52.9 Å². The molecular weight excluding hydrogens is 392 g/mol.